The summed E-state index contributed by atoms with van der Waals surface area (Å²) in [5, 5.41) is 5.40. The lowest BCUT2D eigenvalue weighted by Gasteiger charge is -2.12. The number of esters is 1. The van der Waals surface area contributed by atoms with E-state index in [0.717, 1.165) is 0 Å². The molecular formula is C10H20N2O4. The molecule has 94 valence electrons. The van der Waals surface area contributed by atoms with Gasteiger partial charge in [0.25, 0.3) is 0 Å². The molecule has 0 bridgehead atoms. The molecule has 6 heteroatoms. The van der Waals surface area contributed by atoms with Crippen LogP contribution in [0.5, 0.6) is 0 Å². The van der Waals surface area contributed by atoms with Crippen LogP contribution in [0, 0.1) is 0 Å². The number of ether oxygens (including phenoxy) is 2. The first-order chi connectivity index (χ1) is 7.60. The Hall–Kier alpha value is -1.14. The Morgan fingerprint density at radius 1 is 1.31 bits per heavy atom. The van der Waals surface area contributed by atoms with Crippen LogP contribution >= 0.6 is 0 Å². The number of carbonyl (C=O) groups is 2. The van der Waals surface area contributed by atoms with E-state index < -0.39 is 0 Å². The lowest BCUT2D eigenvalue weighted by atomic mass is 10.3. The standard InChI is InChI=1S/C10H20N2O4/c1-4-16-10(14)6-11-5-9(13)12-8(2)7-15-3/h8,11H,4-7H2,1-3H3,(H,12,13). The Morgan fingerprint density at radius 3 is 2.56 bits per heavy atom. The first-order valence-corrected chi connectivity index (χ1v) is 5.24. The number of nitrogens with one attached hydrogen (secondary N) is 2. The van der Waals surface area contributed by atoms with Crippen molar-refractivity contribution in [1.29, 1.82) is 0 Å². The third kappa shape index (κ3) is 8.19. The van der Waals surface area contributed by atoms with Gasteiger partial charge < -0.3 is 14.8 Å². The first-order valence-electron chi connectivity index (χ1n) is 5.24. The summed E-state index contributed by atoms with van der Waals surface area (Å²) in [6.07, 6.45) is 0. The molecule has 0 rings (SSSR count). The van der Waals surface area contributed by atoms with Crippen LogP contribution in [0.25, 0.3) is 0 Å². The molecule has 0 radical (unpaired) electrons. The average Bonchev–Trinajstić information content (AvgIpc) is 2.18. The minimum Gasteiger partial charge on any atom is -0.465 e. The second-order valence-corrected chi connectivity index (χ2v) is 3.33. The molecule has 0 saturated carbocycles. The van der Waals surface area contributed by atoms with E-state index in [4.69, 9.17) is 9.47 Å². The fourth-order valence-corrected chi connectivity index (χ4v) is 1.11. The van der Waals surface area contributed by atoms with Gasteiger partial charge in [-0.2, -0.15) is 0 Å². The van der Waals surface area contributed by atoms with Crippen molar-refractivity contribution in [2.45, 2.75) is 19.9 Å². The van der Waals surface area contributed by atoms with Crippen LogP contribution in [0.4, 0.5) is 0 Å². The Bertz CT molecular complexity index is 221. The van der Waals surface area contributed by atoms with E-state index >= 15 is 0 Å². The number of methoxy groups -OCH3 is 1. The topological polar surface area (TPSA) is 76.7 Å². The fraction of sp³-hybridized carbons (Fsp3) is 0.800. The minimum atomic E-state index is -0.361. The maximum absolute atomic E-state index is 11.3. The molecule has 0 aliphatic rings. The minimum absolute atomic E-state index is 0.0399. The van der Waals surface area contributed by atoms with E-state index in [1.807, 2.05) is 6.92 Å². The van der Waals surface area contributed by atoms with Crippen molar-refractivity contribution in [1.82, 2.24) is 10.6 Å². The average molecular weight is 232 g/mol. The molecule has 0 aliphatic heterocycles. The van der Waals surface area contributed by atoms with Crippen LogP contribution in [0.2, 0.25) is 0 Å². The van der Waals surface area contributed by atoms with Crippen LogP contribution in [-0.2, 0) is 19.1 Å². The zero-order valence-corrected chi connectivity index (χ0v) is 10.0. The van der Waals surface area contributed by atoms with Crippen molar-refractivity contribution < 1.29 is 19.1 Å². The predicted molar refractivity (Wildman–Crippen MR) is 59.0 cm³/mol. The van der Waals surface area contributed by atoms with Gasteiger partial charge in [0.1, 0.15) is 0 Å². The molecule has 0 aromatic carbocycles. The summed E-state index contributed by atoms with van der Waals surface area (Å²) in [5.74, 6) is -0.533. The fourth-order valence-electron chi connectivity index (χ4n) is 1.11. The van der Waals surface area contributed by atoms with Crippen LogP contribution in [0.15, 0.2) is 0 Å². The van der Waals surface area contributed by atoms with Crippen molar-refractivity contribution in [2.75, 3.05) is 33.4 Å². The highest BCUT2D eigenvalue weighted by molar-refractivity contribution is 5.79. The van der Waals surface area contributed by atoms with Gasteiger partial charge >= 0.3 is 5.97 Å². The summed E-state index contributed by atoms with van der Waals surface area (Å²) in [4.78, 5) is 22.2. The summed E-state index contributed by atoms with van der Waals surface area (Å²) in [7, 11) is 1.57. The van der Waals surface area contributed by atoms with E-state index in [0.29, 0.717) is 13.2 Å². The summed E-state index contributed by atoms with van der Waals surface area (Å²) in [6, 6.07) is -0.0399. The van der Waals surface area contributed by atoms with Crippen molar-refractivity contribution in [2.24, 2.45) is 0 Å². The van der Waals surface area contributed by atoms with Crippen molar-refractivity contribution in [3.8, 4) is 0 Å². The first kappa shape index (κ1) is 14.9. The molecule has 6 nitrogen and oxygen atoms in total. The number of carbonyl (C=O) groups excluding carboxylic acids is 2. The Kier molecular flexibility index (Phi) is 8.46. The molecule has 0 aromatic rings. The molecule has 1 amide bonds. The SMILES string of the molecule is CCOC(=O)CNCC(=O)NC(C)COC. The molecule has 2 N–H and O–H groups in total. The highest BCUT2D eigenvalue weighted by Crippen LogP contribution is 1.81. The normalized spacial score (nSPS) is 11.9. The van der Waals surface area contributed by atoms with Crippen molar-refractivity contribution >= 4 is 11.9 Å². The highest BCUT2D eigenvalue weighted by atomic mass is 16.5. The Labute approximate surface area is 95.7 Å². The quantitative estimate of drug-likeness (QED) is 0.541. The molecule has 1 unspecified atom stereocenters. The van der Waals surface area contributed by atoms with E-state index in [9.17, 15) is 9.59 Å². The maximum Gasteiger partial charge on any atom is 0.319 e. The van der Waals surface area contributed by atoms with Gasteiger partial charge in [-0.3, -0.25) is 14.9 Å². The molecular weight excluding hydrogens is 212 g/mol. The van der Waals surface area contributed by atoms with Crippen molar-refractivity contribution in [3.05, 3.63) is 0 Å². The third-order valence-electron chi connectivity index (χ3n) is 1.68. The second-order valence-electron chi connectivity index (χ2n) is 3.33. The monoisotopic (exact) mass is 232 g/mol. The van der Waals surface area contributed by atoms with E-state index in [2.05, 4.69) is 10.6 Å². The Balaban J connectivity index is 3.54. The highest BCUT2D eigenvalue weighted by Gasteiger charge is 2.07. The number of hydrogen-bond acceptors (Lipinski definition) is 5. The maximum atomic E-state index is 11.3. The lowest BCUT2D eigenvalue weighted by molar-refractivity contribution is -0.142. The molecule has 0 spiro atoms. The van der Waals surface area contributed by atoms with Crippen LogP contribution in [0.1, 0.15) is 13.8 Å². The molecule has 0 saturated heterocycles. The Morgan fingerprint density at radius 2 is 2.00 bits per heavy atom. The smallest absolute Gasteiger partial charge is 0.319 e. The van der Waals surface area contributed by atoms with Crippen LogP contribution in [-0.4, -0.2) is 51.3 Å². The van der Waals surface area contributed by atoms with Gasteiger partial charge in [0.05, 0.1) is 26.3 Å². The van der Waals surface area contributed by atoms with Gasteiger partial charge in [0.15, 0.2) is 0 Å². The molecule has 0 fully saturated rings. The largest absolute Gasteiger partial charge is 0.465 e. The van der Waals surface area contributed by atoms with Crippen LogP contribution in [0.3, 0.4) is 0 Å². The number of amides is 1. The van der Waals surface area contributed by atoms with Crippen LogP contribution < -0.4 is 10.6 Å². The van der Waals surface area contributed by atoms with Gasteiger partial charge in [-0.25, -0.2) is 0 Å². The predicted octanol–water partition coefficient (Wildman–Crippen LogP) is -0.710. The van der Waals surface area contributed by atoms with Gasteiger partial charge in [0, 0.05) is 13.2 Å². The van der Waals surface area contributed by atoms with E-state index in [-0.39, 0.29) is 31.0 Å². The van der Waals surface area contributed by atoms with Gasteiger partial charge in [-0.15, -0.1) is 0 Å². The molecule has 0 aliphatic carbocycles. The van der Waals surface area contributed by atoms with E-state index in [1.54, 1.807) is 14.0 Å². The molecule has 16 heavy (non-hydrogen) atoms. The zero-order valence-electron chi connectivity index (χ0n) is 10.0. The van der Waals surface area contributed by atoms with Gasteiger partial charge in [0.2, 0.25) is 5.91 Å². The molecule has 0 aromatic heterocycles. The number of rotatable bonds is 8. The summed E-state index contributed by atoms with van der Waals surface area (Å²) in [5.41, 5.74) is 0. The lowest BCUT2D eigenvalue weighted by Crippen LogP contribution is -2.42. The third-order valence-corrected chi connectivity index (χ3v) is 1.68. The molecule has 0 heterocycles. The second kappa shape index (κ2) is 9.11. The van der Waals surface area contributed by atoms with Crippen molar-refractivity contribution in [3.63, 3.8) is 0 Å². The molecule has 1 atom stereocenters. The zero-order chi connectivity index (χ0) is 12.4. The van der Waals surface area contributed by atoms with Gasteiger partial charge in [-0.1, -0.05) is 0 Å². The summed E-state index contributed by atoms with van der Waals surface area (Å²) < 4.78 is 9.56. The van der Waals surface area contributed by atoms with Gasteiger partial charge in [-0.05, 0) is 13.8 Å². The summed E-state index contributed by atoms with van der Waals surface area (Å²) >= 11 is 0. The summed E-state index contributed by atoms with van der Waals surface area (Å²) in [6.45, 7) is 4.51. The number of hydrogen-bond donors (Lipinski definition) is 2. The van der Waals surface area contributed by atoms with E-state index in [1.165, 1.54) is 0 Å².